The Morgan fingerprint density at radius 3 is 2.39 bits per heavy atom. The molecule has 2 rings (SSSR count). The van der Waals surface area contributed by atoms with Crippen molar-refractivity contribution in [1.29, 1.82) is 0 Å². The minimum absolute atomic E-state index is 0.125. The number of ether oxygens (including phenoxy) is 1. The Morgan fingerprint density at radius 2 is 1.78 bits per heavy atom. The number of esters is 1. The van der Waals surface area contributed by atoms with Gasteiger partial charge in [0.25, 0.3) is 0 Å². The zero-order valence-corrected chi connectivity index (χ0v) is 13.2. The molecule has 0 radical (unpaired) electrons. The van der Waals surface area contributed by atoms with E-state index in [0.717, 1.165) is 0 Å². The highest BCUT2D eigenvalue weighted by atomic mass is 16.6. The molecule has 120 valence electrons. The smallest absolute Gasteiger partial charge is 0.355 e. The number of para-hydroxylation sites is 1. The molecule has 1 aromatic heterocycles. The van der Waals surface area contributed by atoms with Gasteiger partial charge in [-0.2, -0.15) is 0 Å². The van der Waals surface area contributed by atoms with Crippen LogP contribution in [0.25, 0.3) is 11.1 Å². The van der Waals surface area contributed by atoms with E-state index in [1.165, 1.54) is 6.20 Å². The SMILES string of the molecule is CC(C)(C)OC(=O)c1cccc(-c2cccnc2C(=O)O)c1N. The highest BCUT2D eigenvalue weighted by Crippen LogP contribution is 2.31. The molecule has 0 fully saturated rings. The number of benzene rings is 1. The molecule has 1 aromatic carbocycles. The minimum Gasteiger partial charge on any atom is -0.476 e. The quantitative estimate of drug-likeness (QED) is 0.667. The number of hydrogen-bond donors (Lipinski definition) is 2. The molecule has 0 aliphatic carbocycles. The Kier molecular flexibility index (Phi) is 4.36. The number of carbonyl (C=O) groups is 2. The average Bonchev–Trinajstić information content (AvgIpc) is 2.45. The third-order valence-corrected chi connectivity index (χ3v) is 3.03. The van der Waals surface area contributed by atoms with Gasteiger partial charge in [-0.3, -0.25) is 0 Å². The number of anilines is 1. The summed E-state index contributed by atoms with van der Waals surface area (Å²) in [5, 5.41) is 9.25. The van der Waals surface area contributed by atoms with Crippen molar-refractivity contribution >= 4 is 17.6 Å². The predicted octanol–water partition coefficient (Wildman–Crippen LogP) is 2.98. The Balaban J connectivity index is 2.54. The number of carbonyl (C=O) groups excluding carboxylic acids is 1. The van der Waals surface area contributed by atoms with E-state index >= 15 is 0 Å². The summed E-state index contributed by atoms with van der Waals surface area (Å²) in [4.78, 5) is 27.4. The number of rotatable bonds is 3. The number of nitrogens with zero attached hydrogens (tertiary/aromatic N) is 1. The number of carboxylic acid groups (broad SMARTS) is 1. The fraction of sp³-hybridized carbons (Fsp3) is 0.235. The summed E-state index contributed by atoms with van der Waals surface area (Å²) < 4.78 is 5.32. The first-order valence-electron chi connectivity index (χ1n) is 7.01. The molecule has 0 saturated carbocycles. The largest absolute Gasteiger partial charge is 0.476 e. The Hall–Kier alpha value is -2.89. The lowest BCUT2D eigenvalue weighted by Gasteiger charge is -2.20. The van der Waals surface area contributed by atoms with Crippen LogP contribution in [0.5, 0.6) is 0 Å². The lowest BCUT2D eigenvalue weighted by Crippen LogP contribution is -2.24. The van der Waals surface area contributed by atoms with Crippen LogP contribution in [0.1, 0.15) is 41.6 Å². The van der Waals surface area contributed by atoms with Crippen molar-refractivity contribution in [3.05, 3.63) is 47.8 Å². The van der Waals surface area contributed by atoms with Gasteiger partial charge in [-0.1, -0.05) is 18.2 Å². The number of aromatic carboxylic acids is 1. The van der Waals surface area contributed by atoms with Crippen LogP contribution in [0.3, 0.4) is 0 Å². The monoisotopic (exact) mass is 314 g/mol. The van der Waals surface area contributed by atoms with Gasteiger partial charge < -0.3 is 15.6 Å². The highest BCUT2D eigenvalue weighted by molar-refractivity contribution is 6.02. The van der Waals surface area contributed by atoms with E-state index < -0.39 is 17.5 Å². The summed E-state index contributed by atoms with van der Waals surface area (Å²) in [6, 6.07) is 8.03. The van der Waals surface area contributed by atoms with Crippen molar-refractivity contribution in [3.63, 3.8) is 0 Å². The van der Waals surface area contributed by atoms with Crippen molar-refractivity contribution in [1.82, 2.24) is 4.98 Å². The molecule has 0 bridgehead atoms. The van der Waals surface area contributed by atoms with Gasteiger partial charge in [0.1, 0.15) is 5.60 Å². The second kappa shape index (κ2) is 6.08. The molecule has 0 amide bonds. The molecule has 2 aromatic rings. The number of hydrogen-bond acceptors (Lipinski definition) is 5. The molecule has 3 N–H and O–H groups in total. The van der Waals surface area contributed by atoms with Crippen LogP contribution in [0, 0.1) is 0 Å². The van der Waals surface area contributed by atoms with E-state index in [4.69, 9.17) is 10.5 Å². The molecule has 1 heterocycles. The van der Waals surface area contributed by atoms with Crippen molar-refractivity contribution in [2.24, 2.45) is 0 Å². The van der Waals surface area contributed by atoms with Crippen LogP contribution in [-0.4, -0.2) is 27.6 Å². The summed E-state index contributed by atoms with van der Waals surface area (Å²) >= 11 is 0. The van der Waals surface area contributed by atoms with Crippen LogP contribution < -0.4 is 5.73 Å². The molecule has 0 saturated heterocycles. The normalized spacial score (nSPS) is 11.1. The van der Waals surface area contributed by atoms with Gasteiger partial charge in [-0.25, -0.2) is 14.6 Å². The third kappa shape index (κ3) is 3.66. The second-order valence-corrected chi connectivity index (χ2v) is 5.97. The van der Waals surface area contributed by atoms with E-state index in [0.29, 0.717) is 11.1 Å². The zero-order chi connectivity index (χ0) is 17.2. The van der Waals surface area contributed by atoms with E-state index in [1.54, 1.807) is 51.1 Å². The van der Waals surface area contributed by atoms with Crippen LogP contribution in [0.4, 0.5) is 5.69 Å². The van der Waals surface area contributed by atoms with Crippen LogP contribution in [0.2, 0.25) is 0 Å². The van der Waals surface area contributed by atoms with Gasteiger partial charge >= 0.3 is 11.9 Å². The number of nitrogen functional groups attached to an aromatic ring is 1. The van der Waals surface area contributed by atoms with Gasteiger partial charge in [0.05, 0.1) is 11.3 Å². The molecular weight excluding hydrogens is 296 g/mol. The molecule has 0 atom stereocenters. The second-order valence-electron chi connectivity index (χ2n) is 5.97. The predicted molar refractivity (Wildman–Crippen MR) is 86.2 cm³/mol. The molecule has 0 spiro atoms. The van der Waals surface area contributed by atoms with E-state index in [9.17, 15) is 14.7 Å². The number of nitrogens with two attached hydrogens (primary N) is 1. The fourth-order valence-electron chi connectivity index (χ4n) is 2.10. The Morgan fingerprint density at radius 1 is 1.13 bits per heavy atom. The van der Waals surface area contributed by atoms with Crippen LogP contribution in [0.15, 0.2) is 36.5 Å². The van der Waals surface area contributed by atoms with Gasteiger partial charge in [-0.15, -0.1) is 0 Å². The maximum absolute atomic E-state index is 12.2. The zero-order valence-electron chi connectivity index (χ0n) is 13.2. The maximum Gasteiger partial charge on any atom is 0.355 e. The molecule has 23 heavy (non-hydrogen) atoms. The van der Waals surface area contributed by atoms with E-state index in [2.05, 4.69) is 4.98 Å². The molecule has 6 nitrogen and oxygen atoms in total. The molecule has 0 aliphatic rings. The first-order valence-corrected chi connectivity index (χ1v) is 7.01. The molecule has 6 heteroatoms. The van der Waals surface area contributed by atoms with Gasteiger partial charge in [0.2, 0.25) is 0 Å². The van der Waals surface area contributed by atoms with Crippen molar-refractivity contribution in [3.8, 4) is 11.1 Å². The number of carboxylic acids is 1. The molecule has 0 aliphatic heterocycles. The molecule has 0 unspecified atom stereocenters. The number of aromatic nitrogens is 1. The summed E-state index contributed by atoms with van der Waals surface area (Å²) in [6.07, 6.45) is 1.39. The Labute approximate surface area is 133 Å². The lowest BCUT2D eigenvalue weighted by molar-refractivity contribution is 0.00706. The standard InChI is InChI=1S/C17H18N2O4/c1-17(2,3)23-16(22)12-7-4-6-10(13(12)18)11-8-5-9-19-14(11)15(20)21/h4-9H,18H2,1-3H3,(H,20,21). The average molecular weight is 314 g/mol. The van der Waals surface area contributed by atoms with Crippen LogP contribution in [-0.2, 0) is 4.74 Å². The lowest BCUT2D eigenvalue weighted by atomic mass is 9.99. The first-order chi connectivity index (χ1) is 10.7. The van der Waals surface area contributed by atoms with Crippen molar-refractivity contribution in [2.45, 2.75) is 26.4 Å². The summed E-state index contributed by atoms with van der Waals surface area (Å²) in [6.45, 7) is 5.28. The maximum atomic E-state index is 12.2. The number of pyridine rings is 1. The Bertz CT molecular complexity index is 763. The highest BCUT2D eigenvalue weighted by Gasteiger charge is 2.22. The van der Waals surface area contributed by atoms with Gasteiger partial charge in [0, 0.05) is 17.3 Å². The summed E-state index contributed by atoms with van der Waals surface area (Å²) in [5.41, 5.74) is 6.44. The van der Waals surface area contributed by atoms with Crippen molar-refractivity contribution in [2.75, 3.05) is 5.73 Å². The van der Waals surface area contributed by atoms with Gasteiger partial charge in [0.15, 0.2) is 5.69 Å². The topological polar surface area (TPSA) is 103 Å². The van der Waals surface area contributed by atoms with E-state index in [1.807, 2.05) is 0 Å². The van der Waals surface area contributed by atoms with Crippen LogP contribution >= 0.6 is 0 Å². The molecular formula is C17H18N2O4. The summed E-state index contributed by atoms with van der Waals surface area (Å²) in [7, 11) is 0. The minimum atomic E-state index is -1.16. The van der Waals surface area contributed by atoms with E-state index in [-0.39, 0.29) is 16.9 Å². The first kappa shape index (κ1) is 16.5. The van der Waals surface area contributed by atoms with Crippen molar-refractivity contribution < 1.29 is 19.4 Å². The summed E-state index contributed by atoms with van der Waals surface area (Å²) in [5.74, 6) is -1.72. The van der Waals surface area contributed by atoms with Gasteiger partial charge in [-0.05, 0) is 32.9 Å². The fourth-order valence-corrected chi connectivity index (χ4v) is 2.10. The third-order valence-electron chi connectivity index (χ3n) is 3.03.